The number of nitrogens with two attached hydrogens (primary N) is 1. The molecular weight excluding hydrogens is 302 g/mol. The monoisotopic (exact) mass is 331 g/mol. The van der Waals surface area contributed by atoms with Crippen LogP contribution in [0.15, 0.2) is 24.3 Å². The molecule has 0 radical (unpaired) electrons. The van der Waals surface area contributed by atoms with Crippen molar-refractivity contribution in [3.8, 4) is 0 Å². The van der Waals surface area contributed by atoms with Crippen LogP contribution in [0.25, 0.3) is 0 Å². The predicted octanol–water partition coefficient (Wildman–Crippen LogP) is 1.96. The summed E-state index contributed by atoms with van der Waals surface area (Å²) in [5.41, 5.74) is 7.50. The van der Waals surface area contributed by atoms with Crippen LogP contribution in [0.2, 0.25) is 0 Å². The van der Waals surface area contributed by atoms with E-state index >= 15 is 0 Å². The van der Waals surface area contributed by atoms with Gasteiger partial charge < -0.3 is 15.8 Å². The maximum Gasteiger partial charge on any atom is 0.224 e. The van der Waals surface area contributed by atoms with Gasteiger partial charge in [-0.1, -0.05) is 18.6 Å². The van der Waals surface area contributed by atoms with Gasteiger partial charge in [0, 0.05) is 31.0 Å². The van der Waals surface area contributed by atoms with Gasteiger partial charge in [0.2, 0.25) is 5.91 Å². The Balaban J connectivity index is 1.58. The average molecular weight is 331 g/mol. The Morgan fingerprint density at radius 1 is 1.12 bits per heavy atom. The summed E-state index contributed by atoms with van der Waals surface area (Å²) >= 11 is 0. The Bertz CT molecular complexity index is 532. The number of hydrogen-bond acceptors (Lipinski definition) is 4. The van der Waals surface area contributed by atoms with Gasteiger partial charge in [-0.3, -0.25) is 9.69 Å². The molecule has 3 rings (SSSR count). The normalized spacial score (nSPS) is 21.3. The number of hydrogen-bond donors (Lipinski definition) is 2. The third-order valence-electron chi connectivity index (χ3n) is 5.41. The van der Waals surface area contributed by atoms with E-state index in [0.717, 1.165) is 56.9 Å². The Hall–Kier alpha value is -1.59. The van der Waals surface area contributed by atoms with Gasteiger partial charge >= 0.3 is 0 Å². The van der Waals surface area contributed by atoms with Crippen LogP contribution in [0, 0.1) is 0 Å². The molecule has 5 nitrogen and oxygen atoms in total. The summed E-state index contributed by atoms with van der Waals surface area (Å²) in [4.78, 5) is 15.0. The van der Waals surface area contributed by atoms with Gasteiger partial charge in [-0.2, -0.15) is 0 Å². The number of nitrogen functional groups attached to an aromatic ring is 1. The number of likely N-dealkylation sites (tertiary alicyclic amines) is 1. The summed E-state index contributed by atoms with van der Waals surface area (Å²) in [5.74, 6) is 0.0858. The third-order valence-corrected chi connectivity index (χ3v) is 5.41. The minimum atomic E-state index is 0.0788. The predicted molar refractivity (Wildman–Crippen MR) is 95.8 cm³/mol. The van der Waals surface area contributed by atoms with E-state index in [0.29, 0.717) is 6.42 Å². The summed E-state index contributed by atoms with van der Waals surface area (Å²) in [5, 5.41) is 3.19. The van der Waals surface area contributed by atoms with Gasteiger partial charge in [0.15, 0.2) is 0 Å². The lowest BCUT2D eigenvalue weighted by Crippen LogP contribution is -2.59. The molecule has 2 heterocycles. The first-order valence-corrected chi connectivity index (χ1v) is 9.12. The third kappa shape index (κ3) is 4.28. The molecule has 24 heavy (non-hydrogen) atoms. The highest BCUT2D eigenvalue weighted by molar-refractivity contribution is 5.78. The van der Waals surface area contributed by atoms with Crippen LogP contribution >= 0.6 is 0 Å². The van der Waals surface area contributed by atoms with Crippen LogP contribution in [0.5, 0.6) is 0 Å². The zero-order chi connectivity index (χ0) is 16.8. The van der Waals surface area contributed by atoms with E-state index in [2.05, 4.69) is 10.2 Å². The maximum atomic E-state index is 12.4. The minimum absolute atomic E-state index is 0.0788. The average Bonchev–Trinajstić information content (AvgIpc) is 2.63. The molecule has 1 aromatic carbocycles. The van der Waals surface area contributed by atoms with Crippen LogP contribution in [-0.4, -0.2) is 49.2 Å². The highest BCUT2D eigenvalue weighted by atomic mass is 16.5. The van der Waals surface area contributed by atoms with Crippen molar-refractivity contribution >= 4 is 11.6 Å². The fourth-order valence-corrected chi connectivity index (χ4v) is 3.87. The molecule has 2 aliphatic rings. The number of benzene rings is 1. The number of anilines is 1. The summed E-state index contributed by atoms with van der Waals surface area (Å²) < 4.78 is 5.58. The quantitative estimate of drug-likeness (QED) is 0.810. The molecule has 0 unspecified atom stereocenters. The largest absolute Gasteiger partial charge is 0.399 e. The Morgan fingerprint density at radius 2 is 1.79 bits per heavy atom. The highest BCUT2D eigenvalue weighted by Gasteiger charge is 2.39. The molecule has 5 heteroatoms. The van der Waals surface area contributed by atoms with Crippen molar-refractivity contribution < 1.29 is 9.53 Å². The molecule has 0 aromatic heterocycles. The highest BCUT2D eigenvalue weighted by Crippen LogP contribution is 2.30. The zero-order valence-electron chi connectivity index (χ0n) is 14.4. The van der Waals surface area contributed by atoms with E-state index < -0.39 is 0 Å². The minimum Gasteiger partial charge on any atom is -0.399 e. The zero-order valence-corrected chi connectivity index (χ0v) is 14.4. The van der Waals surface area contributed by atoms with Crippen molar-refractivity contribution in [3.63, 3.8) is 0 Å². The lowest BCUT2D eigenvalue weighted by Gasteiger charge is -2.48. The van der Waals surface area contributed by atoms with Crippen LogP contribution in [-0.2, 0) is 16.0 Å². The number of piperidine rings is 1. The summed E-state index contributed by atoms with van der Waals surface area (Å²) in [6, 6.07) is 7.53. The lowest BCUT2D eigenvalue weighted by molar-refractivity contribution is -0.122. The van der Waals surface area contributed by atoms with E-state index in [9.17, 15) is 4.79 Å². The van der Waals surface area contributed by atoms with Crippen LogP contribution < -0.4 is 11.1 Å². The molecule has 1 aromatic rings. The topological polar surface area (TPSA) is 67.6 Å². The number of rotatable bonds is 5. The molecule has 0 atom stereocenters. The van der Waals surface area contributed by atoms with Crippen LogP contribution in [0.3, 0.4) is 0 Å². The van der Waals surface area contributed by atoms with Gasteiger partial charge in [0.1, 0.15) is 0 Å². The smallest absolute Gasteiger partial charge is 0.224 e. The molecule has 2 aliphatic heterocycles. The fraction of sp³-hybridized carbons (Fsp3) is 0.632. The fourth-order valence-electron chi connectivity index (χ4n) is 3.87. The van der Waals surface area contributed by atoms with E-state index in [1.165, 1.54) is 19.3 Å². The van der Waals surface area contributed by atoms with Crippen molar-refractivity contribution in [2.45, 2.75) is 44.1 Å². The molecule has 1 amide bonds. The molecule has 2 fully saturated rings. The molecule has 3 N–H and O–H groups in total. The first kappa shape index (κ1) is 17.2. The molecular formula is C19H29N3O2. The summed E-state index contributed by atoms with van der Waals surface area (Å²) in [7, 11) is 0. The second kappa shape index (κ2) is 7.99. The van der Waals surface area contributed by atoms with Gasteiger partial charge in [-0.25, -0.2) is 0 Å². The standard InChI is InChI=1S/C19H29N3O2/c20-17-6-4-16(5-7-17)14-18(23)21-15-19(8-12-24-13-9-19)22-10-2-1-3-11-22/h4-7H,1-3,8-15,20H2,(H,21,23). The van der Waals surface area contributed by atoms with E-state index in [1.807, 2.05) is 24.3 Å². The SMILES string of the molecule is Nc1ccc(CC(=O)NCC2(N3CCCCC3)CCOCC2)cc1. The molecule has 2 saturated heterocycles. The first-order valence-electron chi connectivity index (χ1n) is 9.12. The van der Waals surface area contributed by atoms with Crippen molar-refractivity contribution in [1.82, 2.24) is 10.2 Å². The summed E-state index contributed by atoms with van der Waals surface area (Å²) in [6.07, 6.45) is 6.29. The number of carbonyl (C=O) groups is 1. The number of ether oxygens (including phenoxy) is 1. The van der Waals surface area contributed by atoms with Gasteiger partial charge in [0.25, 0.3) is 0 Å². The number of nitrogens with zero attached hydrogens (tertiary/aromatic N) is 1. The van der Waals surface area contributed by atoms with Crippen molar-refractivity contribution in [1.29, 1.82) is 0 Å². The maximum absolute atomic E-state index is 12.4. The van der Waals surface area contributed by atoms with Crippen molar-refractivity contribution in [2.24, 2.45) is 0 Å². The Labute approximate surface area is 144 Å². The van der Waals surface area contributed by atoms with E-state index in [1.54, 1.807) is 0 Å². The molecule has 0 spiro atoms. The van der Waals surface area contributed by atoms with Crippen molar-refractivity contribution in [2.75, 3.05) is 38.6 Å². The Morgan fingerprint density at radius 3 is 2.46 bits per heavy atom. The first-order chi connectivity index (χ1) is 11.7. The second-order valence-electron chi connectivity index (χ2n) is 7.08. The molecule has 0 bridgehead atoms. The second-order valence-corrected chi connectivity index (χ2v) is 7.08. The van der Waals surface area contributed by atoms with Gasteiger partial charge in [-0.15, -0.1) is 0 Å². The number of amides is 1. The number of nitrogens with one attached hydrogen (secondary N) is 1. The number of carbonyl (C=O) groups excluding carboxylic acids is 1. The van der Waals surface area contributed by atoms with E-state index in [-0.39, 0.29) is 11.4 Å². The molecule has 0 saturated carbocycles. The molecule has 0 aliphatic carbocycles. The Kier molecular flexibility index (Phi) is 5.74. The summed E-state index contributed by atoms with van der Waals surface area (Å²) in [6.45, 7) is 4.61. The van der Waals surface area contributed by atoms with Gasteiger partial charge in [0.05, 0.1) is 6.42 Å². The van der Waals surface area contributed by atoms with E-state index in [4.69, 9.17) is 10.5 Å². The van der Waals surface area contributed by atoms with Crippen LogP contribution in [0.1, 0.15) is 37.7 Å². The van der Waals surface area contributed by atoms with Crippen LogP contribution in [0.4, 0.5) is 5.69 Å². The lowest BCUT2D eigenvalue weighted by atomic mass is 9.86. The van der Waals surface area contributed by atoms with Crippen molar-refractivity contribution in [3.05, 3.63) is 29.8 Å². The van der Waals surface area contributed by atoms with Gasteiger partial charge in [-0.05, 0) is 56.5 Å². The molecule has 132 valence electrons.